The van der Waals surface area contributed by atoms with Crippen LogP contribution in [0, 0.1) is 12.7 Å². The van der Waals surface area contributed by atoms with Crippen molar-refractivity contribution in [3.63, 3.8) is 0 Å². The summed E-state index contributed by atoms with van der Waals surface area (Å²) in [5.41, 5.74) is 1.97. The minimum atomic E-state index is -0.286. The number of hydrogen-bond donors (Lipinski definition) is 0. The molecule has 14 heavy (non-hydrogen) atoms. The molecule has 76 valence electrons. The maximum absolute atomic E-state index is 13.6. The predicted octanol–water partition coefficient (Wildman–Crippen LogP) is 3.55. The Bertz CT molecular complexity index is 361. The molecule has 0 aliphatic carbocycles. The minimum absolute atomic E-state index is 0.286. The molecule has 3 heteroatoms. The zero-order valence-corrected chi connectivity index (χ0v) is 9.82. The Morgan fingerprint density at radius 3 is 2.71 bits per heavy atom. The Labute approximate surface area is 91.7 Å². The van der Waals surface area contributed by atoms with Crippen LogP contribution in [0.5, 0.6) is 5.75 Å². The van der Waals surface area contributed by atoms with Crippen LogP contribution in [-0.2, 0) is 0 Å². The molecular weight excluding hydrogens is 247 g/mol. The van der Waals surface area contributed by atoms with Crippen LogP contribution in [0.1, 0.15) is 11.1 Å². The van der Waals surface area contributed by atoms with Gasteiger partial charge in [-0.2, -0.15) is 0 Å². The first-order valence-electron chi connectivity index (χ1n) is 4.18. The first-order valence-corrected chi connectivity index (χ1v) is 5.30. The molecule has 0 spiro atoms. The van der Waals surface area contributed by atoms with E-state index in [1.54, 1.807) is 6.07 Å². The van der Waals surface area contributed by atoms with Crippen LogP contribution in [0.2, 0.25) is 0 Å². The third kappa shape index (κ3) is 2.15. The smallest absolute Gasteiger partial charge is 0.134 e. The molecule has 0 N–H and O–H groups in total. The van der Waals surface area contributed by atoms with Crippen LogP contribution in [0.25, 0.3) is 5.57 Å². The van der Waals surface area contributed by atoms with Crippen molar-refractivity contribution in [3.8, 4) is 5.75 Å². The fraction of sp³-hybridized carbons (Fsp3) is 0.273. The van der Waals surface area contributed by atoms with Crippen molar-refractivity contribution in [2.24, 2.45) is 0 Å². The summed E-state index contributed by atoms with van der Waals surface area (Å²) in [5.74, 6) is 0.248. The van der Waals surface area contributed by atoms with E-state index < -0.39 is 0 Å². The standard InChI is InChI=1S/C11H12BrFO/c1-7-4-9(13)11(8(2)6-12)10(5-7)14-3/h4-5H,2,6H2,1,3H3. The Morgan fingerprint density at radius 1 is 1.57 bits per heavy atom. The van der Waals surface area contributed by atoms with Gasteiger partial charge in [-0.25, -0.2) is 4.39 Å². The highest BCUT2D eigenvalue weighted by Gasteiger charge is 2.12. The summed E-state index contributed by atoms with van der Waals surface area (Å²) in [7, 11) is 1.53. The first-order chi connectivity index (χ1) is 6.60. The molecule has 0 aromatic heterocycles. The van der Waals surface area contributed by atoms with E-state index in [9.17, 15) is 4.39 Å². The summed E-state index contributed by atoms with van der Waals surface area (Å²) in [6.45, 7) is 5.60. The van der Waals surface area contributed by atoms with Gasteiger partial charge in [0.05, 0.1) is 12.7 Å². The second-order valence-corrected chi connectivity index (χ2v) is 3.62. The third-order valence-corrected chi connectivity index (χ3v) is 2.61. The monoisotopic (exact) mass is 258 g/mol. The second-order valence-electron chi connectivity index (χ2n) is 3.06. The predicted molar refractivity (Wildman–Crippen MR) is 60.5 cm³/mol. The molecule has 0 aliphatic rings. The molecule has 0 heterocycles. The van der Waals surface area contributed by atoms with Gasteiger partial charge in [0.15, 0.2) is 0 Å². The number of methoxy groups -OCH3 is 1. The highest BCUT2D eigenvalue weighted by Crippen LogP contribution is 2.30. The molecule has 0 amide bonds. The molecule has 0 unspecified atom stereocenters. The summed E-state index contributed by atoms with van der Waals surface area (Å²) in [6, 6.07) is 3.28. The van der Waals surface area contributed by atoms with E-state index in [1.807, 2.05) is 6.92 Å². The molecule has 0 atom stereocenters. The van der Waals surface area contributed by atoms with Gasteiger partial charge in [0.1, 0.15) is 11.6 Å². The molecule has 0 radical (unpaired) electrons. The summed E-state index contributed by atoms with van der Waals surface area (Å²) in [4.78, 5) is 0. The lowest BCUT2D eigenvalue weighted by molar-refractivity contribution is 0.409. The van der Waals surface area contributed by atoms with Crippen LogP contribution in [0.3, 0.4) is 0 Å². The molecule has 1 aromatic carbocycles. The van der Waals surface area contributed by atoms with E-state index in [0.717, 1.165) is 5.56 Å². The molecular formula is C11H12BrFO. The zero-order chi connectivity index (χ0) is 10.7. The number of hydrogen-bond acceptors (Lipinski definition) is 1. The van der Waals surface area contributed by atoms with Crippen molar-refractivity contribution >= 4 is 21.5 Å². The zero-order valence-electron chi connectivity index (χ0n) is 8.23. The first kappa shape index (κ1) is 11.2. The van der Waals surface area contributed by atoms with Crippen molar-refractivity contribution in [1.29, 1.82) is 0 Å². The van der Waals surface area contributed by atoms with Gasteiger partial charge < -0.3 is 4.74 Å². The lowest BCUT2D eigenvalue weighted by Gasteiger charge is -2.11. The second kappa shape index (κ2) is 4.60. The fourth-order valence-electron chi connectivity index (χ4n) is 1.28. The van der Waals surface area contributed by atoms with Crippen molar-refractivity contribution in [2.75, 3.05) is 12.4 Å². The van der Waals surface area contributed by atoms with Gasteiger partial charge in [-0.3, -0.25) is 0 Å². The largest absolute Gasteiger partial charge is 0.496 e. The highest BCUT2D eigenvalue weighted by molar-refractivity contribution is 9.09. The Hall–Kier alpha value is -0.830. The Balaban J connectivity index is 3.32. The molecule has 0 fully saturated rings. The van der Waals surface area contributed by atoms with Crippen LogP contribution in [-0.4, -0.2) is 12.4 Å². The number of benzene rings is 1. The van der Waals surface area contributed by atoms with Gasteiger partial charge in [0, 0.05) is 5.33 Å². The molecule has 0 saturated carbocycles. The van der Waals surface area contributed by atoms with E-state index in [2.05, 4.69) is 22.5 Å². The van der Waals surface area contributed by atoms with E-state index in [4.69, 9.17) is 4.74 Å². The van der Waals surface area contributed by atoms with Crippen molar-refractivity contribution in [2.45, 2.75) is 6.92 Å². The van der Waals surface area contributed by atoms with Crippen molar-refractivity contribution in [3.05, 3.63) is 35.7 Å². The third-order valence-electron chi connectivity index (χ3n) is 1.93. The molecule has 0 saturated heterocycles. The summed E-state index contributed by atoms with van der Waals surface area (Å²) in [5, 5.41) is 0.531. The van der Waals surface area contributed by atoms with Gasteiger partial charge in [-0.05, 0) is 30.2 Å². The van der Waals surface area contributed by atoms with Gasteiger partial charge in [0.2, 0.25) is 0 Å². The number of rotatable bonds is 3. The van der Waals surface area contributed by atoms with Gasteiger partial charge in [0.25, 0.3) is 0 Å². The minimum Gasteiger partial charge on any atom is -0.496 e. The van der Waals surface area contributed by atoms with Crippen molar-refractivity contribution in [1.82, 2.24) is 0 Å². The van der Waals surface area contributed by atoms with Gasteiger partial charge in [-0.1, -0.05) is 22.5 Å². The fourth-order valence-corrected chi connectivity index (χ4v) is 1.56. The highest BCUT2D eigenvalue weighted by atomic mass is 79.9. The average Bonchev–Trinajstić information content (AvgIpc) is 2.15. The van der Waals surface area contributed by atoms with E-state index >= 15 is 0 Å². The molecule has 0 aliphatic heterocycles. The summed E-state index contributed by atoms with van der Waals surface area (Å²) < 4.78 is 18.7. The number of ether oxygens (including phenoxy) is 1. The van der Waals surface area contributed by atoms with E-state index in [1.165, 1.54) is 13.2 Å². The summed E-state index contributed by atoms with van der Waals surface area (Å²) >= 11 is 3.25. The average molecular weight is 259 g/mol. The maximum Gasteiger partial charge on any atom is 0.134 e. The molecule has 1 aromatic rings. The van der Waals surface area contributed by atoms with Crippen molar-refractivity contribution < 1.29 is 9.13 Å². The van der Waals surface area contributed by atoms with E-state index in [-0.39, 0.29) is 5.82 Å². The number of alkyl halides is 1. The quantitative estimate of drug-likeness (QED) is 0.754. The Morgan fingerprint density at radius 2 is 2.21 bits per heavy atom. The Kier molecular flexibility index (Phi) is 3.69. The summed E-state index contributed by atoms with van der Waals surface area (Å²) in [6.07, 6.45) is 0. The molecule has 1 rings (SSSR count). The topological polar surface area (TPSA) is 9.23 Å². The number of halogens is 2. The molecule has 0 bridgehead atoms. The SMILES string of the molecule is C=C(CBr)c1c(F)cc(C)cc1OC. The van der Waals surface area contributed by atoms with Gasteiger partial charge in [-0.15, -0.1) is 0 Å². The number of aryl methyl sites for hydroxylation is 1. The normalized spacial score (nSPS) is 10.0. The van der Waals surface area contributed by atoms with Crippen LogP contribution in [0.4, 0.5) is 4.39 Å². The van der Waals surface area contributed by atoms with Crippen LogP contribution >= 0.6 is 15.9 Å². The van der Waals surface area contributed by atoms with Crippen LogP contribution < -0.4 is 4.74 Å². The lowest BCUT2D eigenvalue weighted by Crippen LogP contribution is -1.97. The van der Waals surface area contributed by atoms with Gasteiger partial charge >= 0.3 is 0 Å². The number of allylic oxidation sites excluding steroid dienone is 1. The van der Waals surface area contributed by atoms with Crippen LogP contribution in [0.15, 0.2) is 18.7 Å². The molecule has 1 nitrogen and oxygen atoms in total. The van der Waals surface area contributed by atoms with E-state index in [0.29, 0.717) is 22.2 Å². The maximum atomic E-state index is 13.6. The lowest BCUT2D eigenvalue weighted by atomic mass is 10.0.